The van der Waals surface area contributed by atoms with Gasteiger partial charge in [0.2, 0.25) is 0 Å². The van der Waals surface area contributed by atoms with Gasteiger partial charge in [0.15, 0.2) is 0 Å². The van der Waals surface area contributed by atoms with Gasteiger partial charge in [0, 0.05) is 8.41 Å². The van der Waals surface area contributed by atoms with E-state index in [-0.39, 0.29) is 8.41 Å². The second-order valence-electron chi connectivity index (χ2n) is 1.54. The Balaban J connectivity index is -0.0000000655. The summed E-state index contributed by atoms with van der Waals surface area (Å²) < 4.78 is 92.1. The fourth-order valence-corrected chi connectivity index (χ4v) is 0. The van der Waals surface area contributed by atoms with Gasteiger partial charge in [0.25, 0.3) is 0 Å². The van der Waals surface area contributed by atoms with E-state index in [1.54, 1.807) is 0 Å². The van der Waals surface area contributed by atoms with Gasteiger partial charge in [-0.3, -0.25) is 0 Å². The molecular formula is H9As3BO12. The third-order valence-corrected chi connectivity index (χ3v) is 0. The molecule has 0 unspecified atom stereocenters. The van der Waals surface area contributed by atoms with Crippen LogP contribution in [0.4, 0.5) is 0 Å². The van der Waals surface area contributed by atoms with Crippen LogP contribution in [0.5, 0.6) is 0 Å². The summed E-state index contributed by atoms with van der Waals surface area (Å²) in [6.07, 6.45) is 0. The quantitative estimate of drug-likeness (QED) is 0.161. The third-order valence-electron chi connectivity index (χ3n) is 0. The number of rotatable bonds is 0. The van der Waals surface area contributed by atoms with Crippen LogP contribution in [0.2, 0.25) is 0 Å². The fraction of sp³-hybridized carbons (Fsp3) is 0. The maximum Gasteiger partial charge on any atom is 0 e. The minimum atomic E-state index is -5.12. The molecule has 3 radical (unpaired) electrons. The molecule has 0 aromatic rings. The molecule has 16 heavy (non-hydrogen) atoms. The molecule has 0 aromatic carbocycles. The summed E-state index contributed by atoms with van der Waals surface area (Å²) >= 11 is -15.4. The van der Waals surface area contributed by atoms with Crippen LogP contribution in [0.1, 0.15) is 0 Å². The molecule has 0 spiro atoms. The van der Waals surface area contributed by atoms with Gasteiger partial charge in [-0.25, -0.2) is 0 Å². The minimum absolute atomic E-state index is 0. The van der Waals surface area contributed by atoms with Crippen molar-refractivity contribution in [3.8, 4) is 0 Å². The van der Waals surface area contributed by atoms with Gasteiger partial charge in [-0.15, -0.1) is 0 Å². The molecule has 0 saturated carbocycles. The Morgan fingerprint density at radius 2 is 0.438 bits per heavy atom. The molecule has 0 bridgehead atoms. The Morgan fingerprint density at radius 3 is 0.438 bits per heavy atom. The molecule has 0 rings (SSSR count). The molecule has 0 fully saturated rings. The molecule has 0 heterocycles. The standard InChI is InChI=1S/3AsH3O4.B/c3*2-1(3,4)5;/h3*(H3,2,3,4,5);. The molecule has 0 saturated heterocycles. The molecule has 99 valence electrons. The first-order chi connectivity index (χ1) is 6.00. The third kappa shape index (κ3) is 4610. The summed E-state index contributed by atoms with van der Waals surface area (Å²) in [6, 6.07) is 0. The maximum absolute atomic E-state index is 8.94. The molecule has 12 nitrogen and oxygen atoms in total. The van der Waals surface area contributed by atoms with Crippen LogP contribution < -0.4 is 0 Å². The fourth-order valence-electron chi connectivity index (χ4n) is 0. The van der Waals surface area contributed by atoms with Crippen molar-refractivity contribution in [2.75, 3.05) is 0 Å². The van der Waals surface area contributed by atoms with Crippen molar-refractivity contribution in [1.29, 1.82) is 0 Å². The van der Waals surface area contributed by atoms with Crippen LogP contribution in [0.3, 0.4) is 0 Å². The van der Waals surface area contributed by atoms with Crippen LogP contribution in [-0.4, -0.2) is 88.8 Å². The molecule has 9 N–H and O–H groups in total. The van der Waals surface area contributed by atoms with Gasteiger partial charge >= 0.3 is 91.6 Å². The van der Waals surface area contributed by atoms with Gasteiger partial charge in [-0.05, 0) is 0 Å². The molecule has 0 aliphatic rings. The van der Waals surface area contributed by atoms with Crippen molar-refractivity contribution in [2.45, 2.75) is 0 Å². The van der Waals surface area contributed by atoms with E-state index in [0.717, 1.165) is 0 Å². The van der Waals surface area contributed by atoms with Gasteiger partial charge in [0.05, 0.1) is 0 Å². The normalized spacial score (nSPS) is 11.1. The predicted molar refractivity (Wildman–Crippen MR) is 45.0 cm³/mol. The van der Waals surface area contributed by atoms with Crippen LogP contribution in [0.15, 0.2) is 0 Å². The first-order valence-corrected chi connectivity index (χ1v) is 12.2. The molecule has 16 heteroatoms. The van der Waals surface area contributed by atoms with Gasteiger partial charge < -0.3 is 0 Å². The van der Waals surface area contributed by atoms with E-state index in [4.69, 9.17) is 48.1 Å². The van der Waals surface area contributed by atoms with Crippen LogP contribution in [0, 0.1) is 0 Å². The van der Waals surface area contributed by atoms with E-state index in [9.17, 15) is 0 Å². The second kappa shape index (κ2) is 9.77. The SMILES string of the molecule is O=[As](O)(O)O.O=[As](O)(O)O.O=[As](O)(O)O.[B]. The summed E-state index contributed by atoms with van der Waals surface area (Å²) in [5.74, 6) is 0. The Morgan fingerprint density at radius 1 is 0.438 bits per heavy atom. The van der Waals surface area contributed by atoms with Crippen molar-refractivity contribution in [2.24, 2.45) is 0 Å². The van der Waals surface area contributed by atoms with Crippen molar-refractivity contribution in [3.05, 3.63) is 0 Å². The summed E-state index contributed by atoms with van der Waals surface area (Å²) in [4.78, 5) is 0. The van der Waals surface area contributed by atoms with Crippen LogP contribution in [0.25, 0.3) is 0 Å². The molecule has 0 aromatic heterocycles. The van der Waals surface area contributed by atoms with Gasteiger partial charge in [-0.2, -0.15) is 0 Å². The van der Waals surface area contributed by atoms with E-state index in [2.05, 4.69) is 0 Å². The summed E-state index contributed by atoms with van der Waals surface area (Å²) in [5, 5.41) is 0. The zero-order valence-electron chi connectivity index (χ0n) is 7.17. The van der Waals surface area contributed by atoms with Crippen LogP contribution >= 0.6 is 0 Å². The number of hydrogen-bond acceptors (Lipinski definition) is 3. The van der Waals surface area contributed by atoms with Crippen molar-refractivity contribution in [3.63, 3.8) is 0 Å². The summed E-state index contributed by atoms with van der Waals surface area (Å²) in [6.45, 7) is 0. The summed E-state index contributed by atoms with van der Waals surface area (Å²) in [5.41, 5.74) is 0. The van der Waals surface area contributed by atoms with Crippen molar-refractivity contribution in [1.82, 2.24) is 0 Å². The maximum atomic E-state index is 8.94. The number of hydrogen-bond donors (Lipinski definition) is 9. The predicted octanol–water partition coefficient (Wildman–Crippen LogP) is -6.89. The average molecular weight is 437 g/mol. The summed E-state index contributed by atoms with van der Waals surface area (Å²) in [7, 11) is 0. The van der Waals surface area contributed by atoms with Crippen molar-refractivity contribution < 1.29 is 48.1 Å². The molecular weight excluding hydrogens is 428 g/mol. The van der Waals surface area contributed by atoms with E-state index < -0.39 is 43.5 Å². The van der Waals surface area contributed by atoms with E-state index >= 15 is 0 Å². The molecule has 0 atom stereocenters. The first-order valence-electron chi connectivity index (χ1n) is 2.35. The van der Waals surface area contributed by atoms with Crippen molar-refractivity contribution >= 4 is 52.0 Å². The van der Waals surface area contributed by atoms with Crippen LogP contribution in [-0.2, 0) is 11.2 Å². The second-order valence-corrected chi connectivity index (χ2v) is 8.00. The zero-order valence-corrected chi connectivity index (χ0v) is 12.8. The van der Waals surface area contributed by atoms with E-state index in [1.807, 2.05) is 0 Å². The zero-order chi connectivity index (χ0) is 13.5. The largest absolute Gasteiger partial charge is 0 e. The minimum Gasteiger partial charge on any atom is 0 e. The molecule has 0 amide bonds. The van der Waals surface area contributed by atoms with E-state index in [1.165, 1.54) is 0 Å². The van der Waals surface area contributed by atoms with Gasteiger partial charge in [0.1, 0.15) is 0 Å². The Kier molecular flexibility index (Phi) is 15.6. The molecule has 0 aliphatic heterocycles. The Labute approximate surface area is 99.8 Å². The molecule has 0 aliphatic carbocycles. The van der Waals surface area contributed by atoms with Gasteiger partial charge in [-0.1, -0.05) is 0 Å². The van der Waals surface area contributed by atoms with E-state index in [0.29, 0.717) is 0 Å². The monoisotopic (exact) mass is 437 g/mol. The smallest absolute Gasteiger partial charge is 0 e. The Hall–Kier alpha value is 0.780. The first kappa shape index (κ1) is 25.6. The Bertz CT molecular complexity index is 202. The average Bonchev–Trinajstić information content (AvgIpc) is 1.41. The topological polar surface area (TPSA) is 233 Å².